The minimum absolute atomic E-state index is 0.186. The Hall–Kier alpha value is -1.69. The van der Waals surface area contributed by atoms with Crippen LogP contribution < -0.4 is 4.74 Å². The highest BCUT2D eigenvalue weighted by atomic mass is 32.1. The summed E-state index contributed by atoms with van der Waals surface area (Å²) in [7, 11) is 1.49. The zero-order chi connectivity index (χ0) is 10.1. The predicted octanol–water partition coefficient (Wildman–Crippen LogP) is 1.40. The summed E-state index contributed by atoms with van der Waals surface area (Å²) in [6.07, 6.45) is 1.29. The van der Waals surface area contributed by atoms with Gasteiger partial charge in [0, 0.05) is 5.38 Å². The molecule has 0 amide bonds. The van der Waals surface area contributed by atoms with E-state index in [1.807, 2.05) is 0 Å². The van der Waals surface area contributed by atoms with Crippen LogP contribution >= 0.6 is 11.3 Å². The Kier molecular flexibility index (Phi) is 2.05. The first kappa shape index (κ1) is 8.89. The first-order chi connectivity index (χ1) is 6.74. The van der Waals surface area contributed by atoms with E-state index in [9.17, 15) is 4.79 Å². The fourth-order valence-corrected chi connectivity index (χ4v) is 2.09. The molecule has 0 bridgehead atoms. The van der Waals surface area contributed by atoms with E-state index in [1.54, 1.807) is 0 Å². The Balaban J connectivity index is 2.75. The number of ether oxygens (including phenoxy) is 1. The van der Waals surface area contributed by atoms with Crippen molar-refractivity contribution in [3.63, 3.8) is 0 Å². The van der Waals surface area contributed by atoms with Crippen LogP contribution in [0.4, 0.5) is 0 Å². The van der Waals surface area contributed by atoms with Crippen LogP contribution in [0.1, 0.15) is 10.4 Å². The maximum Gasteiger partial charge on any atom is 0.338 e. The van der Waals surface area contributed by atoms with Crippen LogP contribution in [0.3, 0.4) is 0 Å². The zero-order valence-electron chi connectivity index (χ0n) is 7.22. The Morgan fingerprint density at radius 1 is 1.57 bits per heavy atom. The second-order valence-corrected chi connectivity index (χ2v) is 3.39. The third-order valence-corrected chi connectivity index (χ3v) is 2.70. The van der Waals surface area contributed by atoms with Crippen molar-refractivity contribution in [2.24, 2.45) is 0 Å². The Labute approximate surface area is 83.0 Å². The molecule has 14 heavy (non-hydrogen) atoms. The highest BCUT2D eigenvalue weighted by molar-refractivity contribution is 7.17. The molecule has 0 saturated carbocycles. The van der Waals surface area contributed by atoms with Gasteiger partial charge in [-0.25, -0.2) is 14.8 Å². The third-order valence-electron chi connectivity index (χ3n) is 1.74. The summed E-state index contributed by atoms with van der Waals surface area (Å²) in [6, 6.07) is 0. The van der Waals surface area contributed by atoms with Gasteiger partial charge in [0.25, 0.3) is 0 Å². The normalized spacial score (nSPS) is 10.4. The summed E-state index contributed by atoms with van der Waals surface area (Å²) in [5.74, 6) is -0.579. The molecule has 1 N–H and O–H groups in total. The van der Waals surface area contributed by atoms with Gasteiger partial charge in [-0.2, -0.15) is 0 Å². The summed E-state index contributed by atoms with van der Waals surface area (Å²) in [4.78, 5) is 18.6. The quantitative estimate of drug-likeness (QED) is 0.811. The van der Waals surface area contributed by atoms with Crippen LogP contribution in [0, 0.1) is 0 Å². The maximum atomic E-state index is 10.8. The highest BCUT2D eigenvalue weighted by Gasteiger charge is 2.15. The van der Waals surface area contributed by atoms with Gasteiger partial charge in [0.1, 0.15) is 16.5 Å². The van der Waals surface area contributed by atoms with E-state index in [0.29, 0.717) is 16.1 Å². The average molecular weight is 210 g/mol. The second kappa shape index (κ2) is 3.22. The smallest absolute Gasteiger partial charge is 0.338 e. The van der Waals surface area contributed by atoms with Gasteiger partial charge >= 0.3 is 5.97 Å². The van der Waals surface area contributed by atoms with Crippen molar-refractivity contribution in [3.05, 3.63) is 17.3 Å². The van der Waals surface area contributed by atoms with Crippen molar-refractivity contribution in [3.8, 4) is 5.88 Å². The number of carboxylic acids is 1. The zero-order valence-corrected chi connectivity index (χ0v) is 8.04. The number of nitrogens with zero attached hydrogens (tertiary/aromatic N) is 2. The van der Waals surface area contributed by atoms with Crippen LogP contribution in [0.5, 0.6) is 5.88 Å². The van der Waals surface area contributed by atoms with Gasteiger partial charge in [-0.3, -0.25) is 0 Å². The number of carboxylic acid groups (broad SMARTS) is 1. The molecule has 5 nitrogen and oxygen atoms in total. The van der Waals surface area contributed by atoms with E-state index in [1.165, 1.54) is 30.2 Å². The number of carbonyl (C=O) groups is 1. The Morgan fingerprint density at radius 3 is 3.00 bits per heavy atom. The molecule has 0 fully saturated rings. The number of thiophene rings is 1. The molecule has 0 unspecified atom stereocenters. The molecule has 6 heteroatoms. The molecule has 2 rings (SSSR count). The second-order valence-electron chi connectivity index (χ2n) is 2.52. The van der Waals surface area contributed by atoms with Crippen LogP contribution in [-0.2, 0) is 0 Å². The molecule has 0 aliphatic carbocycles. The monoisotopic (exact) mass is 210 g/mol. The summed E-state index contributed by atoms with van der Waals surface area (Å²) in [6.45, 7) is 0. The first-order valence-corrected chi connectivity index (χ1v) is 4.61. The van der Waals surface area contributed by atoms with Crippen LogP contribution in [0.25, 0.3) is 10.2 Å². The topological polar surface area (TPSA) is 72.3 Å². The lowest BCUT2D eigenvalue weighted by molar-refractivity contribution is 0.0699. The van der Waals surface area contributed by atoms with Gasteiger partial charge in [0.15, 0.2) is 0 Å². The molecule has 0 atom stereocenters. The van der Waals surface area contributed by atoms with Crippen molar-refractivity contribution in [1.29, 1.82) is 0 Å². The number of rotatable bonds is 2. The fourth-order valence-electron chi connectivity index (χ4n) is 1.13. The van der Waals surface area contributed by atoms with Crippen LogP contribution in [-0.4, -0.2) is 28.2 Å². The molecule has 0 aliphatic rings. The molecule has 0 radical (unpaired) electrons. The van der Waals surface area contributed by atoms with Gasteiger partial charge in [-0.15, -0.1) is 11.3 Å². The van der Waals surface area contributed by atoms with E-state index in [2.05, 4.69) is 9.97 Å². The summed E-state index contributed by atoms with van der Waals surface area (Å²) in [5.41, 5.74) is 0.611. The lowest BCUT2D eigenvalue weighted by Gasteiger charge is -1.97. The van der Waals surface area contributed by atoms with Crippen molar-refractivity contribution in [1.82, 2.24) is 9.97 Å². The van der Waals surface area contributed by atoms with Crippen molar-refractivity contribution < 1.29 is 14.6 Å². The maximum absolute atomic E-state index is 10.8. The van der Waals surface area contributed by atoms with Gasteiger partial charge in [-0.05, 0) is 0 Å². The van der Waals surface area contributed by atoms with Crippen molar-refractivity contribution in [2.45, 2.75) is 0 Å². The van der Waals surface area contributed by atoms with E-state index in [-0.39, 0.29) is 5.56 Å². The molecule has 0 aromatic carbocycles. The van der Waals surface area contributed by atoms with E-state index < -0.39 is 5.97 Å². The summed E-state index contributed by atoms with van der Waals surface area (Å²) < 4.78 is 5.65. The van der Waals surface area contributed by atoms with Gasteiger partial charge in [0.2, 0.25) is 5.88 Å². The predicted molar refractivity (Wildman–Crippen MR) is 50.9 cm³/mol. The third kappa shape index (κ3) is 1.20. The largest absolute Gasteiger partial charge is 0.480 e. The van der Waals surface area contributed by atoms with E-state index >= 15 is 0 Å². The number of aromatic carboxylic acids is 1. The SMILES string of the molecule is COc1ncnc2c(C(=O)O)csc12. The Morgan fingerprint density at radius 2 is 2.36 bits per heavy atom. The average Bonchev–Trinajstić information content (AvgIpc) is 2.60. The molecule has 2 aromatic rings. The molecular weight excluding hydrogens is 204 g/mol. The molecule has 0 saturated heterocycles. The highest BCUT2D eigenvalue weighted by Crippen LogP contribution is 2.29. The van der Waals surface area contributed by atoms with Crippen LogP contribution in [0.15, 0.2) is 11.7 Å². The van der Waals surface area contributed by atoms with Crippen LogP contribution in [0.2, 0.25) is 0 Å². The summed E-state index contributed by atoms with van der Waals surface area (Å²) in [5, 5.41) is 10.4. The number of aromatic nitrogens is 2. The van der Waals surface area contributed by atoms with Gasteiger partial charge < -0.3 is 9.84 Å². The molecule has 2 aromatic heterocycles. The fraction of sp³-hybridized carbons (Fsp3) is 0.125. The van der Waals surface area contributed by atoms with Gasteiger partial charge in [-0.1, -0.05) is 0 Å². The number of hydrogen-bond acceptors (Lipinski definition) is 5. The molecule has 72 valence electrons. The number of hydrogen-bond donors (Lipinski definition) is 1. The van der Waals surface area contributed by atoms with Crippen molar-refractivity contribution in [2.75, 3.05) is 7.11 Å². The molecule has 2 heterocycles. The number of methoxy groups -OCH3 is 1. The van der Waals surface area contributed by atoms with Gasteiger partial charge in [0.05, 0.1) is 12.7 Å². The molecular formula is C8H6N2O3S. The van der Waals surface area contributed by atoms with E-state index in [4.69, 9.17) is 9.84 Å². The number of fused-ring (bicyclic) bond motifs is 1. The first-order valence-electron chi connectivity index (χ1n) is 3.73. The van der Waals surface area contributed by atoms with Crippen molar-refractivity contribution >= 4 is 27.5 Å². The lowest BCUT2D eigenvalue weighted by atomic mass is 10.3. The van der Waals surface area contributed by atoms with E-state index in [0.717, 1.165) is 0 Å². The minimum Gasteiger partial charge on any atom is -0.480 e. The molecule has 0 aliphatic heterocycles. The molecule has 0 spiro atoms. The standard InChI is InChI=1S/C8H6N2O3S/c1-13-7-6-5(9-3-10-7)4(2-14-6)8(11)12/h2-3H,1H3,(H,11,12). The Bertz CT molecular complexity index is 494. The summed E-state index contributed by atoms with van der Waals surface area (Å²) >= 11 is 1.26. The lowest BCUT2D eigenvalue weighted by Crippen LogP contribution is -1.96. The minimum atomic E-state index is -0.989.